The standard InChI is InChI=1S/C40H33N/c1-28-17-21-31(22-18-28)41(33-25-26-37-36-15-9-10-16-38(36)40(2,3)39(37)27-33)32-23-19-30(20-24-32)35-14-8-7-13-34(35)29-11-5-4-6-12-29/h4-27H,1-3H3. The number of anilines is 3. The topological polar surface area (TPSA) is 3.24 Å². The molecule has 0 bridgehead atoms. The van der Waals surface area contributed by atoms with Gasteiger partial charge in [-0.1, -0.05) is 129 Å². The summed E-state index contributed by atoms with van der Waals surface area (Å²) >= 11 is 0. The van der Waals surface area contributed by atoms with Crippen LogP contribution in [0.5, 0.6) is 0 Å². The second-order valence-electron chi connectivity index (χ2n) is 11.5. The summed E-state index contributed by atoms with van der Waals surface area (Å²) in [5.41, 5.74) is 15.1. The van der Waals surface area contributed by atoms with Gasteiger partial charge in [-0.15, -0.1) is 0 Å². The van der Waals surface area contributed by atoms with Gasteiger partial charge in [-0.25, -0.2) is 0 Å². The van der Waals surface area contributed by atoms with Crippen LogP contribution in [0.25, 0.3) is 33.4 Å². The van der Waals surface area contributed by atoms with Gasteiger partial charge in [0, 0.05) is 22.5 Å². The van der Waals surface area contributed by atoms with Gasteiger partial charge >= 0.3 is 0 Å². The monoisotopic (exact) mass is 527 g/mol. The van der Waals surface area contributed by atoms with Crippen LogP contribution >= 0.6 is 0 Å². The van der Waals surface area contributed by atoms with E-state index in [2.05, 4.69) is 171 Å². The van der Waals surface area contributed by atoms with E-state index in [1.165, 1.54) is 55.8 Å². The van der Waals surface area contributed by atoms with Crippen molar-refractivity contribution in [3.05, 3.63) is 162 Å². The van der Waals surface area contributed by atoms with E-state index >= 15 is 0 Å². The number of benzene rings is 6. The van der Waals surface area contributed by atoms with Gasteiger partial charge in [0.2, 0.25) is 0 Å². The Kier molecular flexibility index (Phi) is 6.09. The van der Waals surface area contributed by atoms with E-state index in [1.54, 1.807) is 0 Å². The lowest BCUT2D eigenvalue weighted by Gasteiger charge is -2.28. The smallest absolute Gasteiger partial charge is 0.0465 e. The van der Waals surface area contributed by atoms with Crippen molar-refractivity contribution in [3.63, 3.8) is 0 Å². The van der Waals surface area contributed by atoms with Crippen molar-refractivity contribution in [2.45, 2.75) is 26.2 Å². The maximum absolute atomic E-state index is 2.40. The summed E-state index contributed by atoms with van der Waals surface area (Å²) in [6.45, 7) is 6.83. The predicted octanol–water partition coefficient (Wildman–Crippen LogP) is 11.1. The van der Waals surface area contributed by atoms with E-state index < -0.39 is 0 Å². The van der Waals surface area contributed by atoms with Gasteiger partial charge in [0.1, 0.15) is 0 Å². The first kappa shape index (κ1) is 25.1. The molecule has 1 aliphatic rings. The van der Waals surface area contributed by atoms with Crippen LogP contribution in [0.3, 0.4) is 0 Å². The van der Waals surface area contributed by atoms with E-state index in [-0.39, 0.29) is 5.41 Å². The summed E-state index contributed by atoms with van der Waals surface area (Å²) in [7, 11) is 0. The second-order valence-corrected chi connectivity index (χ2v) is 11.5. The third-order valence-corrected chi connectivity index (χ3v) is 8.57. The first-order valence-corrected chi connectivity index (χ1v) is 14.4. The summed E-state index contributed by atoms with van der Waals surface area (Å²) in [4.78, 5) is 2.38. The fourth-order valence-electron chi connectivity index (χ4n) is 6.37. The average molecular weight is 528 g/mol. The van der Waals surface area contributed by atoms with Crippen molar-refractivity contribution >= 4 is 17.1 Å². The highest BCUT2D eigenvalue weighted by atomic mass is 15.1. The molecule has 6 aromatic carbocycles. The van der Waals surface area contributed by atoms with E-state index in [0.29, 0.717) is 0 Å². The van der Waals surface area contributed by atoms with Gasteiger partial charge in [0.05, 0.1) is 0 Å². The van der Waals surface area contributed by atoms with Crippen molar-refractivity contribution < 1.29 is 0 Å². The Morgan fingerprint density at radius 1 is 0.415 bits per heavy atom. The minimum absolute atomic E-state index is 0.0497. The van der Waals surface area contributed by atoms with Crippen LogP contribution in [0.15, 0.2) is 146 Å². The molecule has 0 fully saturated rings. The zero-order chi connectivity index (χ0) is 28.0. The van der Waals surface area contributed by atoms with Crippen LogP contribution in [0.4, 0.5) is 17.1 Å². The summed E-state index contributed by atoms with van der Waals surface area (Å²) in [5.74, 6) is 0. The Morgan fingerprint density at radius 3 is 1.56 bits per heavy atom. The highest BCUT2D eigenvalue weighted by Gasteiger charge is 2.35. The van der Waals surface area contributed by atoms with E-state index in [9.17, 15) is 0 Å². The van der Waals surface area contributed by atoms with Crippen molar-refractivity contribution in [3.8, 4) is 33.4 Å². The average Bonchev–Trinajstić information content (AvgIpc) is 3.25. The van der Waals surface area contributed by atoms with E-state index in [1.807, 2.05) is 0 Å². The lowest BCUT2D eigenvalue weighted by molar-refractivity contribution is 0.660. The number of rotatable bonds is 5. The number of hydrogen-bond acceptors (Lipinski definition) is 1. The summed E-state index contributed by atoms with van der Waals surface area (Å²) in [6.07, 6.45) is 0. The van der Waals surface area contributed by atoms with Crippen LogP contribution in [-0.2, 0) is 5.41 Å². The second kappa shape index (κ2) is 9.94. The zero-order valence-electron chi connectivity index (χ0n) is 23.8. The lowest BCUT2D eigenvalue weighted by atomic mass is 9.82. The van der Waals surface area contributed by atoms with Gasteiger partial charge in [-0.05, 0) is 87.8 Å². The maximum atomic E-state index is 2.40. The molecule has 0 aliphatic heterocycles. The Labute approximate surface area is 243 Å². The highest BCUT2D eigenvalue weighted by molar-refractivity contribution is 5.87. The third-order valence-electron chi connectivity index (χ3n) is 8.57. The SMILES string of the molecule is Cc1ccc(N(c2ccc(-c3ccccc3-c3ccccc3)cc2)c2ccc3c(c2)C(C)(C)c2ccccc2-3)cc1. The summed E-state index contributed by atoms with van der Waals surface area (Å²) < 4.78 is 0. The number of aryl methyl sites for hydroxylation is 1. The van der Waals surface area contributed by atoms with E-state index in [0.717, 1.165) is 11.4 Å². The third kappa shape index (κ3) is 4.35. The van der Waals surface area contributed by atoms with Crippen LogP contribution in [0, 0.1) is 6.92 Å². The predicted molar refractivity (Wildman–Crippen MR) is 174 cm³/mol. The molecule has 198 valence electrons. The summed E-state index contributed by atoms with van der Waals surface area (Å²) in [6, 6.07) is 53.0. The van der Waals surface area contributed by atoms with Crippen LogP contribution < -0.4 is 4.90 Å². The number of hydrogen-bond donors (Lipinski definition) is 0. The molecule has 6 aromatic rings. The minimum atomic E-state index is -0.0497. The molecule has 0 N–H and O–H groups in total. The Hall–Kier alpha value is -4.88. The fourth-order valence-corrected chi connectivity index (χ4v) is 6.37. The lowest BCUT2D eigenvalue weighted by Crippen LogP contribution is -2.16. The molecule has 41 heavy (non-hydrogen) atoms. The van der Waals surface area contributed by atoms with Crippen LogP contribution in [-0.4, -0.2) is 0 Å². The first-order chi connectivity index (χ1) is 20.0. The van der Waals surface area contributed by atoms with Crippen molar-refractivity contribution in [1.29, 1.82) is 0 Å². The quantitative estimate of drug-likeness (QED) is 0.215. The van der Waals surface area contributed by atoms with E-state index in [4.69, 9.17) is 0 Å². The molecule has 1 nitrogen and oxygen atoms in total. The molecule has 0 heterocycles. The molecule has 0 atom stereocenters. The van der Waals surface area contributed by atoms with Crippen molar-refractivity contribution in [1.82, 2.24) is 0 Å². The van der Waals surface area contributed by atoms with Crippen molar-refractivity contribution in [2.24, 2.45) is 0 Å². The Morgan fingerprint density at radius 2 is 0.902 bits per heavy atom. The Balaban J connectivity index is 1.33. The Bertz CT molecular complexity index is 1840. The first-order valence-electron chi connectivity index (χ1n) is 14.4. The maximum Gasteiger partial charge on any atom is 0.0465 e. The molecule has 1 aliphatic carbocycles. The zero-order valence-corrected chi connectivity index (χ0v) is 23.8. The molecule has 7 rings (SSSR count). The summed E-state index contributed by atoms with van der Waals surface area (Å²) in [5, 5.41) is 0. The van der Waals surface area contributed by atoms with Gasteiger partial charge in [-0.3, -0.25) is 0 Å². The largest absolute Gasteiger partial charge is 0.310 e. The van der Waals surface area contributed by atoms with Gasteiger partial charge in [0.25, 0.3) is 0 Å². The number of nitrogens with zero attached hydrogens (tertiary/aromatic N) is 1. The molecule has 0 saturated carbocycles. The highest BCUT2D eigenvalue weighted by Crippen LogP contribution is 2.50. The molecule has 0 amide bonds. The molecule has 0 aromatic heterocycles. The molecule has 0 unspecified atom stereocenters. The van der Waals surface area contributed by atoms with Gasteiger partial charge < -0.3 is 4.90 Å². The number of fused-ring (bicyclic) bond motifs is 3. The molecule has 0 spiro atoms. The molecule has 0 radical (unpaired) electrons. The van der Waals surface area contributed by atoms with Crippen LogP contribution in [0.1, 0.15) is 30.5 Å². The van der Waals surface area contributed by atoms with Gasteiger partial charge in [0.15, 0.2) is 0 Å². The molecule has 1 heteroatoms. The van der Waals surface area contributed by atoms with Gasteiger partial charge in [-0.2, -0.15) is 0 Å². The fraction of sp³-hybridized carbons (Fsp3) is 0.100. The molecular formula is C40H33N. The van der Waals surface area contributed by atoms with Crippen molar-refractivity contribution in [2.75, 3.05) is 4.90 Å². The van der Waals surface area contributed by atoms with Crippen LogP contribution in [0.2, 0.25) is 0 Å². The minimum Gasteiger partial charge on any atom is -0.310 e. The molecule has 0 saturated heterocycles. The molecular weight excluding hydrogens is 494 g/mol. The normalized spacial score (nSPS) is 13.0.